The van der Waals surface area contributed by atoms with Crippen molar-refractivity contribution < 1.29 is 14.7 Å². The van der Waals surface area contributed by atoms with Crippen molar-refractivity contribution >= 4 is 12.0 Å². The summed E-state index contributed by atoms with van der Waals surface area (Å²) in [6.07, 6.45) is 6.10. The Morgan fingerprint density at radius 2 is 1.89 bits per heavy atom. The van der Waals surface area contributed by atoms with Gasteiger partial charge in [-0.15, -0.1) is 0 Å². The van der Waals surface area contributed by atoms with Crippen molar-refractivity contribution in [2.45, 2.75) is 51.5 Å². The maximum absolute atomic E-state index is 11.8. The molecule has 0 heterocycles. The molecule has 0 bridgehead atoms. The van der Waals surface area contributed by atoms with Gasteiger partial charge < -0.3 is 15.3 Å². The lowest BCUT2D eigenvalue weighted by molar-refractivity contribution is -0.146. The highest BCUT2D eigenvalue weighted by Gasteiger charge is 2.35. The Balaban J connectivity index is 2.33. The first-order chi connectivity index (χ1) is 8.35. The predicted octanol–water partition coefficient (Wildman–Crippen LogP) is 2.07. The van der Waals surface area contributed by atoms with Crippen LogP contribution in [0.4, 0.5) is 4.79 Å². The van der Waals surface area contributed by atoms with E-state index in [-0.39, 0.29) is 6.03 Å². The molecule has 5 heteroatoms. The minimum Gasteiger partial charge on any atom is -0.480 e. The van der Waals surface area contributed by atoms with Crippen LogP contribution in [-0.2, 0) is 4.79 Å². The summed E-state index contributed by atoms with van der Waals surface area (Å²) in [5.74, 6) is -0.279. The number of carboxylic acids is 1. The van der Waals surface area contributed by atoms with Gasteiger partial charge in [0.1, 0.15) is 5.54 Å². The van der Waals surface area contributed by atoms with Gasteiger partial charge in [-0.3, -0.25) is 0 Å². The molecule has 0 aromatic rings. The first kappa shape index (κ1) is 14.8. The summed E-state index contributed by atoms with van der Waals surface area (Å²) >= 11 is 0. The Morgan fingerprint density at radius 3 is 2.39 bits per heavy atom. The van der Waals surface area contributed by atoms with Gasteiger partial charge in [-0.2, -0.15) is 0 Å². The van der Waals surface area contributed by atoms with E-state index in [4.69, 9.17) is 5.11 Å². The third-order valence-electron chi connectivity index (χ3n) is 3.97. The Bertz CT molecular complexity index is 309. The van der Waals surface area contributed by atoms with Gasteiger partial charge in [0.25, 0.3) is 0 Å². The molecule has 0 atom stereocenters. The molecule has 1 fully saturated rings. The first-order valence-corrected chi connectivity index (χ1v) is 6.60. The molecule has 104 valence electrons. The Kier molecular flexibility index (Phi) is 4.99. The molecule has 0 aliphatic heterocycles. The van der Waals surface area contributed by atoms with Gasteiger partial charge in [0.05, 0.1) is 0 Å². The number of rotatable bonds is 5. The number of hydrogen-bond acceptors (Lipinski definition) is 2. The molecular formula is C13H24N2O3. The molecule has 2 amide bonds. The van der Waals surface area contributed by atoms with E-state index in [2.05, 4.69) is 5.32 Å². The number of aliphatic carboxylic acids is 1. The van der Waals surface area contributed by atoms with Crippen LogP contribution in [0.5, 0.6) is 0 Å². The van der Waals surface area contributed by atoms with Crippen molar-refractivity contribution in [3.05, 3.63) is 0 Å². The number of carbonyl (C=O) groups is 2. The number of carbonyl (C=O) groups excluding carboxylic acids is 1. The molecule has 2 N–H and O–H groups in total. The topological polar surface area (TPSA) is 69.6 Å². The maximum atomic E-state index is 11.8. The minimum atomic E-state index is -1.18. The van der Waals surface area contributed by atoms with Crippen molar-refractivity contribution in [1.82, 2.24) is 10.2 Å². The molecule has 0 radical (unpaired) electrons. The third-order valence-corrected chi connectivity index (χ3v) is 3.97. The van der Waals surface area contributed by atoms with Gasteiger partial charge in [0.2, 0.25) is 0 Å². The van der Waals surface area contributed by atoms with E-state index in [1.807, 2.05) is 0 Å². The van der Waals surface area contributed by atoms with Crippen LogP contribution >= 0.6 is 0 Å². The van der Waals surface area contributed by atoms with E-state index in [1.165, 1.54) is 51.5 Å². The van der Waals surface area contributed by atoms with Crippen molar-refractivity contribution in [2.75, 3.05) is 13.6 Å². The normalized spacial score (nSPS) is 16.6. The summed E-state index contributed by atoms with van der Waals surface area (Å²) in [4.78, 5) is 24.1. The highest BCUT2D eigenvalue weighted by atomic mass is 16.4. The summed E-state index contributed by atoms with van der Waals surface area (Å²) in [5, 5.41) is 11.8. The van der Waals surface area contributed by atoms with Crippen molar-refractivity contribution in [1.29, 1.82) is 0 Å². The fourth-order valence-corrected chi connectivity index (χ4v) is 2.20. The minimum absolute atomic E-state index is 0.319. The summed E-state index contributed by atoms with van der Waals surface area (Å²) in [5.41, 5.74) is -1.18. The average Bonchev–Trinajstić information content (AvgIpc) is 2.80. The quantitative estimate of drug-likeness (QED) is 0.791. The molecule has 0 spiro atoms. The molecule has 1 rings (SSSR count). The van der Waals surface area contributed by atoms with Crippen molar-refractivity contribution in [3.63, 3.8) is 0 Å². The van der Waals surface area contributed by atoms with E-state index >= 15 is 0 Å². The molecular weight excluding hydrogens is 232 g/mol. The maximum Gasteiger partial charge on any atom is 0.329 e. The van der Waals surface area contributed by atoms with E-state index in [1.54, 1.807) is 0 Å². The van der Waals surface area contributed by atoms with E-state index in [9.17, 15) is 9.59 Å². The zero-order chi connectivity index (χ0) is 13.8. The van der Waals surface area contributed by atoms with Crippen LogP contribution in [-0.4, -0.2) is 41.1 Å². The largest absolute Gasteiger partial charge is 0.480 e. The van der Waals surface area contributed by atoms with Crippen LogP contribution in [0.3, 0.4) is 0 Å². The molecule has 1 aliphatic carbocycles. The third kappa shape index (κ3) is 3.62. The Hall–Kier alpha value is -1.26. The second-order valence-corrected chi connectivity index (χ2v) is 5.59. The highest BCUT2D eigenvalue weighted by molar-refractivity contribution is 5.85. The van der Waals surface area contributed by atoms with Crippen LogP contribution in [0.15, 0.2) is 0 Å². The number of likely N-dealkylation sites (N-methyl/N-ethyl adjacent to an activating group) is 1. The highest BCUT2D eigenvalue weighted by Crippen LogP contribution is 2.26. The molecule has 1 aliphatic rings. The van der Waals surface area contributed by atoms with Crippen LogP contribution in [0.25, 0.3) is 0 Å². The standard InChI is InChI=1S/C13H24N2O3/c1-13(2,11(16)17)15(3)12(18)14-9-8-10-6-4-5-7-10/h10H,4-9H2,1-3H3,(H,14,18)(H,16,17). The zero-order valence-electron chi connectivity index (χ0n) is 11.5. The van der Waals surface area contributed by atoms with E-state index in [0.29, 0.717) is 6.54 Å². The molecule has 5 nitrogen and oxygen atoms in total. The number of urea groups is 1. The number of nitrogens with one attached hydrogen (secondary N) is 1. The van der Waals surface area contributed by atoms with Gasteiger partial charge in [-0.1, -0.05) is 25.7 Å². The van der Waals surface area contributed by atoms with E-state index < -0.39 is 11.5 Å². The first-order valence-electron chi connectivity index (χ1n) is 6.60. The lowest BCUT2D eigenvalue weighted by Crippen LogP contribution is -2.54. The molecule has 0 aromatic heterocycles. The van der Waals surface area contributed by atoms with Crippen LogP contribution in [0.2, 0.25) is 0 Å². The van der Waals surface area contributed by atoms with E-state index in [0.717, 1.165) is 12.3 Å². The van der Waals surface area contributed by atoms with Gasteiger partial charge in [-0.25, -0.2) is 9.59 Å². The van der Waals surface area contributed by atoms with Crippen LogP contribution in [0.1, 0.15) is 46.0 Å². The smallest absolute Gasteiger partial charge is 0.329 e. The Labute approximate surface area is 109 Å². The fourth-order valence-electron chi connectivity index (χ4n) is 2.20. The summed E-state index contributed by atoms with van der Waals surface area (Å²) < 4.78 is 0. The number of hydrogen-bond donors (Lipinski definition) is 2. The lowest BCUT2D eigenvalue weighted by atomic mass is 10.0. The number of amides is 2. The number of carboxylic acid groups (broad SMARTS) is 1. The predicted molar refractivity (Wildman–Crippen MR) is 69.5 cm³/mol. The summed E-state index contributed by atoms with van der Waals surface area (Å²) in [7, 11) is 1.51. The molecule has 0 aromatic carbocycles. The van der Waals surface area contributed by atoms with Gasteiger partial charge in [-0.05, 0) is 26.2 Å². The fraction of sp³-hybridized carbons (Fsp3) is 0.846. The zero-order valence-corrected chi connectivity index (χ0v) is 11.5. The molecule has 18 heavy (non-hydrogen) atoms. The van der Waals surface area contributed by atoms with Crippen molar-refractivity contribution in [2.24, 2.45) is 5.92 Å². The van der Waals surface area contributed by atoms with Crippen LogP contribution < -0.4 is 5.32 Å². The average molecular weight is 256 g/mol. The molecule has 0 saturated heterocycles. The molecule has 1 saturated carbocycles. The summed E-state index contributed by atoms with van der Waals surface area (Å²) in [6.45, 7) is 3.67. The summed E-state index contributed by atoms with van der Waals surface area (Å²) in [6, 6.07) is -0.319. The number of nitrogens with zero attached hydrogens (tertiary/aromatic N) is 1. The van der Waals surface area contributed by atoms with Crippen molar-refractivity contribution in [3.8, 4) is 0 Å². The molecule has 0 unspecified atom stereocenters. The second-order valence-electron chi connectivity index (χ2n) is 5.59. The second kappa shape index (κ2) is 6.07. The van der Waals surface area contributed by atoms with Gasteiger partial charge in [0, 0.05) is 13.6 Å². The van der Waals surface area contributed by atoms with Crippen LogP contribution in [0, 0.1) is 5.92 Å². The Morgan fingerprint density at radius 1 is 1.33 bits per heavy atom. The SMILES string of the molecule is CN(C(=O)NCCC1CCCC1)C(C)(C)C(=O)O. The van der Waals surface area contributed by atoms with Gasteiger partial charge in [0.15, 0.2) is 0 Å². The lowest BCUT2D eigenvalue weighted by Gasteiger charge is -2.31. The van der Waals surface area contributed by atoms with Gasteiger partial charge >= 0.3 is 12.0 Å². The monoisotopic (exact) mass is 256 g/mol.